The summed E-state index contributed by atoms with van der Waals surface area (Å²) in [5.74, 6) is 0.897. The maximum Gasteiger partial charge on any atom is 0.255 e. The van der Waals surface area contributed by atoms with Crippen molar-refractivity contribution in [3.63, 3.8) is 0 Å². The number of carbonyl (C=O) groups is 1. The van der Waals surface area contributed by atoms with E-state index in [1.807, 2.05) is 23.2 Å². The number of nitriles is 1. The van der Waals surface area contributed by atoms with Crippen LogP contribution in [0.5, 0.6) is 0 Å². The Bertz CT molecular complexity index is 1080. The molecule has 7 nitrogen and oxygen atoms in total. The van der Waals surface area contributed by atoms with Crippen molar-refractivity contribution in [2.75, 3.05) is 18.0 Å². The second-order valence-corrected chi connectivity index (χ2v) is 7.35. The number of benzene rings is 1. The van der Waals surface area contributed by atoms with Crippen molar-refractivity contribution in [1.29, 1.82) is 5.26 Å². The normalized spacial score (nSPS) is 21.5. The van der Waals surface area contributed by atoms with E-state index in [2.05, 4.69) is 25.9 Å². The van der Waals surface area contributed by atoms with Crippen LogP contribution in [0.3, 0.4) is 0 Å². The summed E-state index contributed by atoms with van der Waals surface area (Å²) in [6.45, 7) is 1.59. The monoisotopic (exact) mass is 372 g/mol. The number of piperidine rings is 1. The topological polar surface area (TPSA) is 88.9 Å². The van der Waals surface area contributed by atoms with E-state index in [0.29, 0.717) is 11.1 Å². The summed E-state index contributed by atoms with van der Waals surface area (Å²) in [6, 6.07) is 11.6. The van der Waals surface area contributed by atoms with Crippen LogP contribution >= 0.6 is 0 Å². The molecule has 2 fully saturated rings. The van der Waals surface area contributed by atoms with Gasteiger partial charge in [0.1, 0.15) is 17.8 Å². The summed E-state index contributed by atoms with van der Waals surface area (Å²) in [5, 5.41) is 10.4. The lowest BCUT2D eigenvalue weighted by molar-refractivity contribution is 0.0608. The molecule has 0 unspecified atom stereocenters. The molecule has 2 aromatic heterocycles. The second kappa shape index (κ2) is 6.64. The fourth-order valence-electron chi connectivity index (χ4n) is 4.71. The van der Waals surface area contributed by atoms with Gasteiger partial charge in [0.15, 0.2) is 0 Å². The van der Waals surface area contributed by atoms with E-state index < -0.39 is 0 Å². The van der Waals surface area contributed by atoms with Crippen LogP contribution in [0.2, 0.25) is 0 Å². The molecule has 4 heterocycles. The molecule has 3 aromatic rings. The van der Waals surface area contributed by atoms with E-state index in [-0.39, 0.29) is 18.0 Å². The Labute approximate surface area is 162 Å². The SMILES string of the molecule is N#Cc1ccccc1C(=O)N1CCC[C@@H]2[C@H]1CCN2c1ncnc2[nH]ccc12. The number of nitrogens with one attached hydrogen (secondary N) is 1. The minimum Gasteiger partial charge on any atom is -0.351 e. The van der Waals surface area contributed by atoms with Crippen molar-refractivity contribution in [3.8, 4) is 6.07 Å². The van der Waals surface area contributed by atoms with Crippen molar-refractivity contribution in [1.82, 2.24) is 19.9 Å². The number of hydrogen-bond acceptors (Lipinski definition) is 5. The molecule has 2 atom stereocenters. The van der Waals surface area contributed by atoms with Gasteiger partial charge in [0.2, 0.25) is 0 Å². The first-order chi connectivity index (χ1) is 13.8. The molecule has 0 bridgehead atoms. The number of carbonyl (C=O) groups excluding carboxylic acids is 1. The van der Waals surface area contributed by atoms with Crippen molar-refractivity contribution >= 4 is 22.8 Å². The van der Waals surface area contributed by atoms with Gasteiger partial charge in [-0.05, 0) is 37.5 Å². The smallest absolute Gasteiger partial charge is 0.255 e. The first kappa shape index (κ1) is 16.8. The molecule has 1 N–H and O–H groups in total. The average molecular weight is 372 g/mol. The van der Waals surface area contributed by atoms with E-state index in [9.17, 15) is 10.1 Å². The second-order valence-electron chi connectivity index (χ2n) is 7.35. The van der Waals surface area contributed by atoms with E-state index in [1.165, 1.54) is 0 Å². The van der Waals surface area contributed by atoms with Gasteiger partial charge >= 0.3 is 0 Å². The van der Waals surface area contributed by atoms with E-state index in [4.69, 9.17) is 0 Å². The molecular formula is C21H20N6O. The molecule has 2 aliphatic rings. The predicted octanol–water partition coefficient (Wildman–Crippen LogP) is 2.71. The van der Waals surface area contributed by atoms with Crippen LogP contribution in [0.25, 0.3) is 11.0 Å². The Morgan fingerprint density at radius 3 is 2.93 bits per heavy atom. The number of fused-ring (bicyclic) bond motifs is 2. The molecule has 0 saturated carbocycles. The summed E-state index contributed by atoms with van der Waals surface area (Å²) in [4.78, 5) is 29.6. The van der Waals surface area contributed by atoms with Crippen LogP contribution < -0.4 is 4.90 Å². The lowest BCUT2D eigenvalue weighted by atomic mass is 9.95. The van der Waals surface area contributed by atoms with Gasteiger partial charge in [-0.15, -0.1) is 0 Å². The standard InChI is InChI=1S/C21H20N6O/c22-12-14-4-1-2-5-15(14)21(28)27-10-3-6-17-18(27)8-11-26(17)20-16-7-9-23-19(16)24-13-25-20/h1-2,4-5,7,9,13,17-18H,3,6,8,10-11H2,(H,23,24,25)/t17-,18-/m1/s1. The third-order valence-electron chi connectivity index (χ3n) is 5.95. The van der Waals surface area contributed by atoms with Crippen LogP contribution in [0.4, 0.5) is 5.82 Å². The minimum absolute atomic E-state index is 0.0387. The number of rotatable bonds is 2. The molecule has 5 rings (SSSR count). The highest BCUT2D eigenvalue weighted by molar-refractivity contribution is 5.97. The average Bonchev–Trinajstić information content (AvgIpc) is 3.39. The van der Waals surface area contributed by atoms with Crippen LogP contribution in [0.15, 0.2) is 42.9 Å². The summed E-state index contributed by atoms with van der Waals surface area (Å²) < 4.78 is 0. The van der Waals surface area contributed by atoms with Gasteiger partial charge in [-0.25, -0.2) is 9.97 Å². The first-order valence-corrected chi connectivity index (χ1v) is 9.63. The molecule has 0 spiro atoms. The summed E-state index contributed by atoms with van der Waals surface area (Å²) in [6.07, 6.45) is 6.35. The molecule has 140 valence electrons. The van der Waals surface area contributed by atoms with Crippen molar-refractivity contribution in [3.05, 3.63) is 54.0 Å². The molecule has 2 saturated heterocycles. The quantitative estimate of drug-likeness (QED) is 0.747. The van der Waals surface area contributed by atoms with E-state index in [1.54, 1.807) is 24.5 Å². The molecule has 0 radical (unpaired) electrons. The number of amides is 1. The molecule has 1 amide bonds. The molecule has 28 heavy (non-hydrogen) atoms. The van der Waals surface area contributed by atoms with Crippen LogP contribution in [-0.2, 0) is 0 Å². The Kier molecular flexibility index (Phi) is 3.97. The van der Waals surface area contributed by atoms with Crippen molar-refractivity contribution < 1.29 is 4.79 Å². The van der Waals surface area contributed by atoms with Gasteiger partial charge in [-0.1, -0.05) is 12.1 Å². The minimum atomic E-state index is -0.0387. The van der Waals surface area contributed by atoms with Crippen molar-refractivity contribution in [2.24, 2.45) is 0 Å². The number of likely N-dealkylation sites (tertiary alicyclic amines) is 1. The van der Waals surface area contributed by atoms with Gasteiger partial charge in [0, 0.05) is 19.3 Å². The zero-order valence-corrected chi connectivity index (χ0v) is 15.4. The molecule has 2 aliphatic heterocycles. The first-order valence-electron chi connectivity index (χ1n) is 9.63. The van der Waals surface area contributed by atoms with E-state index in [0.717, 1.165) is 49.2 Å². The van der Waals surface area contributed by atoms with Gasteiger partial charge in [0.05, 0.1) is 34.7 Å². The zero-order valence-electron chi connectivity index (χ0n) is 15.4. The highest BCUT2D eigenvalue weighted by Gasteiger charge is 2.43. The number of aromatic nitrogens is 3. The van der Waals surface area contributed by atoms with E-state index >= 15 is 0 Å². The Morgan fingerprint density at radius 2 is 2.04 bits per heavy atom. The highest BCUT2D eigenvalue weighted by atomic mass is 16.2. The van der Waals surface area contributed by atoms with Crippen molar-refractivity contribution in [2.45, 2.75) is 31.3 Å². The van der Waals surface area contributed by atoms with Gasteiger partial charge < -0.3 is 14.8 Å². The zero-order chi connectivity index (χ0) is 19.1. The Balaban J connectivity index is 1.47. The molecule has 7 heteroatoms. The Hall–Kier alpha value is -3.40. The van der Waals surface area contributed by atoms with Crippen LogP contribution in [0, 0.1) is 11.3 Å². The van der Waals surface area contributed by atoms with Gasteiger partial charge in [-0.3, -0.25) is 4.79 Å². The fraction of sp³-hybridized carbons (Fsp3) is 0.333. The number of anilines is 1. The highest BCUT2D eigenvalue weighted by Crippen LogP contribution is 2.36. The molecular weight excluding hydrogens is 352 g/mol. The third kappa shape index (κ3) is 2.53. The summed E-state index contributed by atoms with van der Waals surface area (Å²) in [7, 11) is 0. The van der Waals surface area contributed by atoms with Crippen LogP contribution in [-0.4, -0.2) is 50.9 Å². The summed E-state index contributed by atoms with van der Waals surface area (Å²) in [5.41, 5.74) is 1.77. The van der Waals surface area contributed by atoms with Crippen LogP contribution in [0.1, 0.15) is 35.2 Å². The molecule has 1 aromatic carbocycles. The number of nitrogens with zero attached hydrogens (tertiary/aromatic N) is 5. The third-order valence-corrected chi connectivity index (χ3v) is 5.95. The lowest BCUT2D eigenvalue weighted by Gasteiger charge is -2.40. The lowest BCUT2D eigenvalue weighted by Crippen LogP contribution is -2.52. The number of hydrogen-bond donors (Lipinski definition) is 1. The van der Waals surface area contributed by atoms with Gasteiger partial charge in [0.25, 0.3) is 5.91 Å². The van der Waals surface area contributed by atoms with Gasteiger partial charge in [-0.2, -0.15) is 5.26 Å². The largest absolute Gasteiger partial charge is 0.351 e. The predicted molar refractivity (Wildman–Crippen MR) is 105 cm³/mol. The summed E-state index contributed by atoms with van der Waals surface area (Å²) >= 11 is 0. The number of aromatic amines is 1. The fourth-order valence-corrected chi connectivity index (χ4v) is 4.71. The Morgan fingerprint density at radius 1 is 1.14 bits per heavy atom. The molecule has 0 aliphatic carbocycles. The maximum atomic E-state index is 13.3. The number of H-pyrrole nitrogens is 1. The maximum absolute atomic E-state index is 13.3.